The van der Waals surface area contributed by atoms with Crippen molar-refractivity contribution in [2.75, 3.05) is 6.61 Å². The lowest BCUT2D eigenvalue weighted by atomic mass is 9.83. The average Bonchev–Trinajstić information content (AvgIpc) is 2.69. The molecule has 6 heteroatoms. The van der Waals surface area contributed by atoms with Gasteiger partial charge in [0.1, 0.15) is 11.3 Å². The lowest BCUT2D eigenvalue weighted by Gasteiger charge is -2.28. The number of hydrogen-bond donors (Lipinski definition) is 2. The number of aromatic nitrogens is 1. The second kappa shape index (κ2) is 6.88. The fourth-order valence-electron chi connectivity index (χ4n) is 3.68. The van der Waals surface area contributed by atoms with Gasteiger partial charge in [0.25, 0.3) is 5.56 Å². The van der Waals surface area contributed by atoms with Crippen LogP contribution in [0.5, 0.6) is 5.75 Å². The summed E-state index contributed by atoms with van der Waals surface area (Å²) in [7, 11) is 0. The van der Waals surface area contributed by atoms with E-state index < -0.39 is 11.9 Å². The van der Waals surface area contributed by atoms with Gasteiger partial charge in [-0.3, -0.25) is 4.79 Å². The lowest BCUT2D eigenvalue weighted by Crippen LogP contribution is -2.32. The van der Waals surface area contributed by atoms with E-state index >= 15 is 0 Å². The Hall–Kier alpha value is -3.54. The van der Waals surface area contributed by atoms with Crippen molar-refractivity contribution in [3.63, 3.8) is 0 Å². The number of fused-ring (bicyclic) bond motifs is 3. The predicted molar refractivity (Wildman–Crippen MR) is 106 cm³/mol. The number of pyridine rings is 1. The first-order valence-corrected chi connectivity index (χ1v) is 9.08. The van der Waals surface area contributed by atoms with E-state index in [4.69, 9.17) is 15.2 Å². The molecule has 0 saturated carbocycles. The fraction of sp³-hybridized carbons (Fsp3) is 0.182. The molecule has 0 spiro atoms. The van der Waals surface area contributed by atoms with E-state index in [2.05, 4.69) is 4.98 Å². The zero-order valence-electron chi connectivity index (χ0n) is 15.6. The summed E-state index contributed by atoms with van der Waals surface area (Å²) in [5.41, 5.74) is 8.70. The number of esters is 1. The van der Waals surface area contributed by atoms with Gasteiger partial charge >= 0.3 is 5.97 Å². The van der Waals surface area contributed by atoms with Crippen molar-refractivity contribution in [3.05, 3.63) is 87.0 Å². The van der Waals surface area contributed by atoms with Gasteiger partial charge in [-0.25, -0.2) is 4.79 Å². The third kappa shape index (κ3) is 2.74. The highest BCUT2D eigenvalue weighted by atomic mass is 16.5. The summed E-state index contributed by atoms with van der Waals surface area (Å²) in [4.78, 5) is 28.7. The van der Waals surface area contributed by atoms with Crippen molar-refractivity contribution in [3.8, 4) is 5.75 Å². The topological polar surface area (TPSA) is 94.4 Å². The van der Waals surface area contributed by atoms with Gasteiger partial charge in [0.15, 0.2) is 0 Å². The van der Waals surface area contributed by atoms with Crippen LogP contribution in [0, 0.1) is 6.92 Å². The van der Waals surface area contributed by atoms with Gasteiger partial charge in [-0.15, -0.1) is 0 Å². The number of nitrogens with one attached hydrogen (secondary N) is 1. The Balaban J connectivity index is 2.06. The maximum atomic E-state index is 13.1. The molecule has 0 aliphatic carbocycles. The summed E-state index contributed by atoms with van der Waals surface area (Å²) in [5, 5.41) is 0.737. The Morgan fingerprint density at radius 2 is 1.93 bits per heavy atom. The highest BCUT2D eigenvalue weighted by Gasteiger charge is 2.38. The van der Waals surface area contributed by atoms with Gasteiger partial charge in [-0.05, 0) is 31.0 Å². The first-order valence-electron chi connectivity index (χ1n) is 9.08. The number of hydrogen-bond acceptors (Lipinski definition) is 5. The van der Waals surface area contributed by atoms with Gasteiger partial charge in [0, 0.05) is 5.39 Å². The average molecular weight is 376 g/mol. The maximum absolute atomic E-state index is 13.1. The monoisotopic (exact) mass is 376 g/mol. The molecular formula is C22H20N2O4. The van der Waals surface area contributed by atoms with Crippen LogP contribution in [-0.4, -0.2) is 17.6 Å². The van der Waals surface area contributed by atoms with E-state index in [9.17, 15) is 9.59 Å². The summed E-state index contributed by atoms with van der Waals surface area (Å²) < 4.78 is 11.0. The Morgan fingerprint density at radius 3 is 2.64 bits per heavy atom. The van der Waals surface area contributed by atoms with Crippen LogP contribution in [0.2, 0.25) is 0 Å². The molecule has 2 heterocycles. The molecule has 3 aromatic rings. The normalized spacial score (nSPS) is 15.9. The standard InChI is InChI=1S/C22H20N2O4/c1-3-27-22(26)17-15(13-9-5-4-6-10-13)16-19(28-20(17)23)14-11-7-8-12(2)18(14)24-21(16)25/h4-11,15H,3,23H2,1-2H3,(H,24,25)/t15-/m1/s1. The van der Waals surface area contributed by atoms with Crippen LogP contribution in [0.3, 0.4) is 0 Å². The van der Waals surface area contributed by atoms with Crippen molar-refractivity contribution in [2.24, 2.45) is 5.73 Å². The number of benzene rings is 2. The van der Waals surface area contributed by atoms with Crippen molar-refractivity contribution in [1.29, 1.82) is 0 Å². The lowest BCUT2D eigenvalue weighted by molar-refractivity contribution is -0.139. The molecule has 28 heavy (non-hydrogen) atoms. The molecule has 1 aliphatic rings. The van der Waals surface area contributed by atoms with Crippen LogP contribution in [0.1, 0.15) is 29.5 Å². The summed E-state index contributed by atoms with van der Waals surface area (Å²) in [6, 6.07) is 14.9. The molecule has 6 nitrogen and oxygen atoms in total. The molecule has 1 aliphatic heterocycles. The highest BCUT2D eigenvalue weighted by Crippen LogP contribution is 2.43. The minimum Gasteiger partial charge on any atom is -0.462 e. The molecule has 3 N–H and O–H groups in total. The first-order chi connectivity index (χ1) is 13.5. The molecule has 142 valence electrons. The van der Waals surface area contributed by atoms with E-state index in [0.717, 1.165) is 16.5 Å². The fourth-order valence-corrected chi connectivity index (χ4v) is 3.68. The van der Waals surface area contributed by atoms with Gasteiger partial charge in [-0.1, -0.05) is 42.5 Å². The molecular weight excluding hydrogens is 356 g/mol. The number of rotatable bonds is 3. The van der Waals surface area contributed by atoms with Crippen LogP contribution in [-0.2, 0) is 9.53 Å². The van der Waals surface area contributed by atoms with Crippen LogP contribution in [0.15, 0.2) is 64.8 Å². The number of para-hydroxylation sites is 1. The summed E-state index contributed by atoms with van der Waals surface area (Å²) in [6.45, 7) is 3.82. The van der Waals surface area contributed by atoms with E-state index in [0.29, 0.717) is 16.8 Å². The van der Waals surface area contributed by atoms with Crippen LogP contribution in [0.25, 0.3) is 10.9 Å². The van der Waals surface area contributed by atoms with Crippen LogP contribution >= 0.6 is 0 Å². The number of carbonyl (C=O) groups excluding carboxylic acids is 1. The summed E-state index contributed by atoms with van der Waals surface area (Å²) >= 11 is 0. The molecule has 0 radical (unpaired) electrons. The molecule has 0 fully saturated rings. The Bertz CT molecular complexity index is 1160. The Labute approximate surface area is 161 Å². The molecule has 0 bridgehead atoms. The maximum Gasteiger partial charge on any atom is 0.340 e. The molecule has 1 aromatic heterocycles. The molecule has 0 saturated heterocycles. The van der Waals surface area contributed by atoms with Crippen molar-refractivity contribution in [2.45, 2.75) is 19.8 Å². The van der Waals surface area contributed by atoms with E-state index in [1.54, 1.807) is 6.92 Å². The molecule has 2 aromatic carbocycles. The first kappa shape index (κ1) is 17.9. The number of nitrogens with two attached hydrogens (primary N) is 1. The largest absolute Gasteiger partial charge is 0.462 e. The minimum absolute atomic E-state index is 0.0480. The third-order valence-corrected chi connectivity index (χ3v) is 4.93. The molecule has 1 atom stereocenters. The smallest absolute Gasteiger partial charge is 0.340 e. The van der Waals surface area contributed by atoms with Gasteiger partial charge < -0.3 is 20.2 Å². The van der Waals surface area contributed by atoms with Crippen LogP contribution < -0.4 is 16.0 Å². The van der Waals surface area contributed by atoms with Gasteiger partial charge in [0.2, 0.25) is 5.88 Å². The minimum atomic E-state index is -0.683. The zero-order valence-corrected chi connectivity index (χ0v) is 15.6. The predicted octanol–water partition coefficient (Wildman–Crippen LogP) is 3.09. The number of aryl methyl sites for hydroxylation is 1. The van der Waals surface area contributed by atoms with Gasteiger partial charge in [-0.2, -0.15) is 0 Å². The SMILES string of the molecule is CCOC(=O)C1=C(N)Oc2c(c(=O)[nH]c3c(C)cccc23)[C@H]1c1ccccc1. The van der Waals surface area contributed by atoms with E-state index in [1.807, 2.05) is 55.5 Å². The second-order valence-corrected chi connectivity index (χ2v) is 6.64. The van der Waals surface area contributed by atoms with Crippen molar-refractivity contribution in [1.82, 2.24) is 4.98 Å². The Kier molecular flexibility index (Phi) is 4.39. The summed E-state index contributed by atoms with van der Waals surface area (Å²) in [6.07, 6.45) is 0. The number of H-pyrrole nitrogens is 1. The van der Waals surface area contributed by atoms with E-state index in [-0.39, 0.29) is 23.6 Å². The Morgan fingerprint density at radius 1 is 1.18 bits per heavy atom. The third-order valence-electron chi connectivity index (χ3n) is 4.93. The number of ether oxygens (including phenoxy) is 2. The van der Waals surface area contributed by atoms with Crippen molar-refractivity contribution < 1.29 is 14.3 Å². The van der Waals surface area contributed by atoms with Gasteiger partial charge in [0.05, 0.1) is 23.6 Å². The quantitative estimate of drug-likeness (QED) is 0.685. The zero-order chi connectivity index (χ0) is 19.8. The highest BCUT2D eigenvalue weighted by molar-refractivity contribution is 5.95. The van der Waals surface area contributed by atoms with Crippen molar-refractivity contribution >= 4 is 16.9 Å². The summed E-state index contributed by atoms with van der Waals surface area (Å²) in [5.74, 6) is -0.948. The number of carbonyl (C=O) groups is 1. The van der Waals surface area contributed by atoms with E-state index in [1.165, 1.54) is 0 Å². The molecule has 4 rings (SSSR count). The second-order valence-electron chi connectivity index (χ2n) is 6.64. The molecule has 0 amide bonds. The van der Waals surface area contributed by atoms with Crippen LogP contribution in [0.4, 0.5) is 0 Å². The number of aromatic amines is 1. The molecule has 0 unspecified atom stereocenters.